The number of hydrogen-bond donors (Lipinski definition) is 2. The number of aryl methyl sites for hydroxylation is 3. The summed E-state index contributed by atoms with van der Waals surface area (Å²) in [4.78, 5) is 11.3. The summed E-state index contributed by atoms with van der Waals surface area (Å²) in [5.74, 6) is 5.11. The van der Waals surface area contributed by atoms with Crippen molar-refractivity contribution in [3.05, 3.63) is 64.2 Å². The van der Waals surface area contributed by atoms with Crippen molar-refractivity contribution in [3.63, 3.8) is 0 Å². The molecule has 5 nitrogen and oxygen atoms in total. The largest absolute Gasteiger partial charge is 0.366 e. The summed E-state index contributed by atoms with van der Waals surface area (Å²) in [6, 6.07) is 10.2. The predicted octanol–water partition coefficient (Wildman–Crippen LogP) is 2.04. The highest BCUT2D eigenvalue weighted by Gasteiger charge is 2.18. The molecule has 0 heterocycles. The van der Waals surface area contributed by atoms with Crippen molar-refractivity contribution < 1.29 is 13.2 Å². The summed E-state index contributed by atoms with van der Waals surface area (Å²) in [6.45, 7) is 5.48. The molecule has 0 spiro atoms. The first-order chi connectivity index (χ1) is 11.7. The molecule has 130 valence electrons. The Morgan fingerprint density at radius 2 is 1.64 bits per heavy atom. The molecule has 0 saturated carbocycles. The number of amides is 1. The van der Waals surface area contributed by atoms with Crippen LogP contribution in [0.5, 0.6) is 0 Å². The Kier molecular flexibility index (Phi) is 5.62. The van der Waals surface area contributed by atoms with Gasteiger partial charge in [-0.2, -0.15) is 4.72 Å². The van der Waals surface area contributed by atoms with Gasteiger partial charge in [-0.25, -0.2) is 8.42 Å². The van der Waals surface area contributed by atoms with Crippen molar-refractivity contribution >= 4 is 15.9 Å². The van der Waals surface area contributed by atoms with Crippen LogP contribution >= 0.6 is 0 Å². The second kappa shape index (κ2) is 7.51. The van der Waals surface area contributed by atoms with Gasteiger partial charge in [-0.1, -0.05) is 29.5 Å². The van der Waals surface area contributed by atoms with Gasteiger partial charge in [-0.05, 0) is 56.2 Å². The Labute approximate surface area is 148 Å². The van der Waals surface area contributed by atoms with Crippen LogP contribution in [-0.4, -0.2) is 20.9 Å². The summed E-state index contributed by atoms with van der Waals surface area (Å²) in [5, 5.41) is 0. The van der Waals surface area contributed by atoms with Crippen molar-refractivity contribution in [2.24, 2.45) is 5.73 Å². The van der Waals surface area contributed by atoms with Crippen LogP contribution in [0.25, 0.3) is 0 Å². The van der Waals surface area contributed by atoms with E-state index in [-0.39, 0.29) is 6.54 Å². The molecule has 0 saturated heterocycles. The van der Waals surface area contributed by atoms with E-state index in [1.165, 1.54) is 0 Å². The van der Waals surface area contributed by atoms with E-state index in [9.17, 15) is 13.2 Å². The number of nitrogens with two attached hydrogens (primary N) is 1. The molecular weight excluding hydrogens is 336 g/mol. The standard InChI is InChI=1S/C19H20N2O3S/c1-13-11-14(2)18(15(3)12-13)25(23,24)21-10-4-5-16-6-8-17(9-7-16)19(20)22/h6-9,11-12,21H,10H2,1-3H3,(H2,20,22). The minimum Gasteiger partial charge on any atom is -0.366 e. The lowest BCUT2D eigenvalue weighted by Crippen LogP contribution is -2.25. The van der Waals surface area contributed by atoms with E-state index in [0.717, 1.165) is 5.56 Å². The molecule has 0 unspecified atom stereocenters. The molecule has 0 aromatic heterocycles. The zero-order chi connectivity index (χ0) is 18.6. The second-order valence-corrected chi connectivity index (χ2v) is 7.50. The molecule has 0 atom stereocenters. The minimum absolute atomic E-state index is 0.00728. The number of hydrogen-bond acceptors (Lipinski definition) is 3. The average Bonchev–Trinajstić information content (AvgIpc) is 2.50. The van der Waals surface area contributed by atoms with Crippen molar-refractivity contribution in [2.45, 2.75) is 25.7 Å². The van der Waals surface area contributed by atoms with Gasteiger partial charge in [0.25, 0.3) is 0 Å². The summed E-state index contributed by atoms with van der Waals surface area (Å²) in [6.07, 6.45) is 0. The maximum absolute atomic E-state index is 12.5. The Morgan fingerprint density at radius 3 is 2.16 bits per heavy atom. The van der Waals surface area contributed by atoms with E-state index in [1.54, 1.807) is 38.1 Å². The zero-order valence-corrected chi connectivity index (χ0v) is 15.2. The van der Waals surface area contributed by atoms with Gasteiger partial charge in [-0.15, -0.1) is 0 Å². The molecular formula is C19H20N2O3S. The third kappa shape index (κ3) is 4.69. The zero-order valence-electron chi connectivity index (χ0n) is 14.4. The highest BCUT2D eigenvalue weighted by atomic mass is 32.2. The summed E-state index contributed by atoms with van der Waals surface area (Å²) in [7, 11) is -3.62. The third-order valence-corrected chi connectivity index (χ3v) is 5.33. The average molecular weight is 356 g/mol. The fourth-order valence-electron chi connectivity index (χ4n) is 2.66. The molecule has 2 aromatic carbocycles. The molecule has 2 rings (SSSR count). The van der Waals surface area contributed by atoms with Gasteiger partial charge in [0, 0.05) is 11.1 Å². The predicted molar refractivity (Wildman–Crippen MR) is 97.7 cm³/mol. The Bertz CT molecular complexity index is 943. The normalized spacial score (nSPS) is 10.8. The van der Waals surface area contributed by atoms with Gasteiger partial charge >= 0.3 is 0 Å². The number of benzene rings is 2. The van der Waals surface area contributed by atoms with Crippen LogP contribution in [0.3, 0.4) is 0 Å². The fourth-order valence-corrected chi connectivity index (χ4v) is 4.03. The van der Waals surface area contributed by atoms with Gasteiger partial charge in [0.1, 0.15) is 0 Å². The van der Waals surface area contributed by atoms with Crippen LogP contribution in [0.1, 0.15) is 32.6 Å². The van der Waals surface area contributed by atoms with Gasteiger partial charge in [0.2, 0.25) is 15.9 Å². The molecule has 0 bridgehead atoms. The molecule has 0 aliphatic heterocycles. The Balaban J connectivity index is 2.10. The van der Waals surface area contributed by atoms with Crippen LogP contribution in [0, 0.1) is 32.6 Å². The van der Waals surface area contributed by atoms with Crippen molar-refractivity contribution in [3.8, 4) is 11.8 Å². The van der Waals surface area contributed by atoms with E-state index >= 15 is 0 Å². The molecule has 0 fully saturated rings. The van der Waals surface area contributed by atoms with Crippen LogP contribution in [0.4, 0.5) is 0 Å². The molecule has 2 aromatic rings. The second-order valence-electron chi connectivity index (χ2n) is 5.80. The Morgan fingerprint density at radius 1 is 1.08 bits per heavy atom. The van der Waals surface area contributed by atoms with Gasteiger partial charge in [0.15, 0.2) is 0 Å². The van der Waals surface area contributed by atoms with E-state index in [1.807, 2.05) is 19.1 Å². The number of carbonyl (C=O) groups excluding carboxylic acids is 1. The number of nitrogens with one attached hydrogen (secondary N) is 1. The van der Waals surface area contributed by atoms with E-state index in [4.69, 9.17) is 5.73 Å². The van der Waals surface area contributed by atoms with E-state index < -0.39 is 15.9 Å². The minimum atomic E-state index is -3.62. The van der Waals surface area contributed by atoms with Crippen molar-refractivity contribution in [1.29, 1.82) is 0 Å². The monoisotopic (exact) mass is 356 g/mol. The smallest absolute Gasteiger partial charge is 0.248 e. The van der Waals surface area contributed by atoms with Crippen molar-refractivity contribution in [1.82, 2.24) is 4.72 Å². The maximum atomic E-state index is 12.5. The highest BCUT2D eigenvalue weighted by Crippen LogP contribution is 2.21. The van der Waals surface area contributed by atoms with Gasteiger partial charge in [0.05, 0.1) is 11.4 Å². The van der Waals surface area contributed by atoms with E-state index in [2.05, 4.69) is 16.6 Å². The van der Waals surface area contributed by atoms with Gasteiger partial charge < -0.3 is 5.73 Å². The summed E-state index contributed by atoms with van der Waals surface area (Å²) in [5.41, 5.74) is 8.68. The number of primary amides is 1. The number of sulfonamides is 1. The lowest BCUT2D eigenvalue weighted by Gasteiger charge is -2.11. The van der Waals surface area contributed by atoms with Crippen LogP contribution < -0.4 is 10.5 Å². The highest BCUT2D eigenvalue weighted by molar-refractivity contribution is 7.89. The molecule has 1 amide bonds. The molecule has 0 radical (unpaired) electrons. The molecule has 3 N–H and O–H groups in total. The lowest BCUT2D eigenvalue weighted by atomic mass is 10.1. The molecule has 6 heteroatoms. The molecule has 25 heavy (non-hydrogen) atoms. The lowest BCUT2D eigenvalue weighted by molar-refractivity contribution is 0.100. The first-order valence-corrected chi connectivity index (χ1v) is 9.15. The van der Waals surface area contributed by atoms with E-state index in [0.29, 0.717) is 27.1 Å². The quantitative estimate of drug-likeness (QED) is 0.822. The van der Waals surface area contributed by atoms with Gasteiger partial charge in [-0.3, -0.25) is 4.79 Å². The van der Waals surface area contributed by atoms with Crippen LogP contribution in [0.2, 0.25) is 0 Å². The van der Waals surface area contributed by atoms with Crippen molar-refractivity contribution in [2.75, 3.05) is 6.54 Å². The summed E-state index contributed by atoms with van der Waals surface area (Å²) >= 11 is 0. The maximum Gasteiger partial charge on any atom is 0.248 e. The third-order valence-electron chi connectivity index (χ3n) is 3.63. The van der Waals surface area contributed by atoms with Crippen LogP contribution in [0.15, 0.2) is 41.3 Å². The number of rotatable bonds is 4. The fraction of sp³-hybridized carbons (Fsp3) is 0.211. The molecule has 0 aliphatic rings. The molecule has 0 aliphatic carbocycles. The topological polar surface area (TPSA) is 89.3 Å². The van der Waals surface area contributed by atoms with Crippen LogP contribution in [-0.2, 0) is 10.0 Å². The first kappa shape index (κ1) is 18.7. The first-order valence-electron chi connectivity index (χ1n) is 7.67. The SMILES string of the molecule is Cc1cc(C)c(S(=O)(=O)NCC#Cc2ccc(C(N)=O)cc2)c(C)c1. The summed E-state index contributed by atoms with van der Waals surface area (Å²) < 4.78 is 27.5. The number of carbonyl (C=O) groups is 1. The Hall–Kier alpha value is -2.62.